The third-order valence-electron chi connectivity index (χ3n) is 5.75. The first kappa shape index (κ1) is 24.5. The van der Waals surface area contributed by atoms with Gasteiger partial charge in [-0.05, 0) is 48.6 Å². The number of hydrogen-bond donors (Lipinski definition) is 1. The molecule has 1 aromatic heterocycles. The number of nitrogens with two attached hydrogens (primary N) is 1. The van der Waals surface area contributed by atoms with E-state index in [1.54, 1.807) is 0 Å². The Bertz CT molecular complexity index is 1160. The lowest BCUT2D eigenvalue weighted by atomic mass is 10.0. The highest BCUT2D eigenvalue weighted by atomic mass is 32.2. The first-order valence-electron chi connectivity index (χ1n) is 11.4. The van der Waals surface area contributed by atoms with Crippen LogP contribution in [0.4, 0.5) is 5.69 Å². The van der Waals surface area contributed by atoms with Crippen LogP contribution < -0.4 is 15.5 Å². The van der Waals surface area contributed by atoms with Gasteiger partial charge in [0.25, 0.3) is 0 Å². The number of nitrogens with zero attached hydrogens (tertiary/aromatic N) is 4. The first-order valence-corrected chi connectivity index (χ1v) is 13.3. The van der Waals surface area contributed by atoms with Crippen molar-refractivity contribution in [2.24, 2.45) is 0 Å². The molecule has 34 heavy (non-hydrogen) atoms. The van der Waals surface area contributed by atoms with Crippen LogP contribution in [-0.4, -0.2) is 38.3 Å². The maximum atomic E-state index is 13.1. The van der Waals surface area contributed by atoms with E-state index in [0.29, 0.717) is 28.7 Å². The van der Waals surface area contributed by atoms with Gasteiger partial charge in [0.2, 0.25) is 11.1 Å². The molecule has 0 saturated carbocycles. The van der Waals surface area contributed by atoms with Crippen LogP contribution in [0.15, 0.2) is 52.5 Å². The van der Waals surface area contributed by atoms with Gasteiger partial charge in [-0.25, -0.2) is 4.68 Å². The number of thioether (sulfide) groups is 2. The average molecular weight is 498 g/mol. The lowest BCUT2D eigenvalue weighted by Gasteiger charge is -2.22. The fourth-order valence-corrected chi connectivity index (χ4v) is 5.70. The number of rotatable bonds is 7. The molecule has 2 aromatic carbocycles. The number of para-hydroxylation sites is 1. The average Bonchev–Trinajstić information content (AvgIpc) is 3.06. The van der Waals surface area contributed by atoms with Crippen molar-refractivity contribution >= 4 is 35.1 Å². The van der Waals surface area contributed by atoms with Crippen LogP contribution >= 0.6 is 23.5 Å². The second kappa shape index (κ2) is 10.7. The summed E-state index contributed by atoms with van der Waals surface area (Å²) < 4.78 is 7.47. The molecule has 0 bridgehead atoms. The van der Waals surface area contributed by atoms with Crippen molar-refractivity contribution in [3.63, 3.8) is 0 Å². The summed E-state index contributed by atoms with van der Waals surface area (Å²) in [5.74, 6) is 8.19. The molecule has 2 N–H and O–H groups in total. The van der Waals surface area contributed by atoms with Gasteiger partial charge < -0.3 is 15.5 Å². The Morgan fingerprint density at radius 1 is 1.26 bits per heavy atom. The predicted molar refractivity (Wildman–Crippen MR) is 139 cm³/mol. The Morgan fingerprint density at radius 2 is 2.06 bits per heavy atom. The first-order chi connectivity index (χ1) is 16.3. The van der Waals surface area contributed by atoms with Crippen LogP contribution in [0.2, 0.25) is 0 Å². The lowest BCUT2D eigenvalue weighted by molar-refractivity contribution is -0.116. The standard InChI is InChI=1S/C25H31N5O2S2/c1-16(2)19-10-9-17(3)13-21(19)32-14-23-27-28-25(30(23)26)33-15-24(31)29-12-11-18(4)34-22-8-6-5-7-20(22)29/h5-10,13,16,18H,11-12,14-15,26H2,1-4H3. The highest BCUT2D eigenvalue weighted by molar-refractivity contribution is 8.00. The molecule has 0 radical (unpaired) electrons. The number of benzene rings is 2. The van der Waals surface area contributed by atoms with Crippen molar-refractivity contribution < 1.29 is 9.53 Å². The number of aromatic nitrogens is 3. The summed E-state index contributed by atoms with van der Waals surface area (Å²) in [7, 11) is 0. The van der Waals surface area contributed by atoms with Crippen LogP contribution in [0.5, 0.6) is 5.75 Å². The molecular weight excluding hydrogens is 466 g/mol. The molecule has 1 aliphatic rings. The number of hydrogen-bond acceptors (Lipinski definition) is 7. The smallest absolute Gasteiger partial charge is 0.237 e. The Hall–Kier alpha value is -2.65. The second-order valence-electron chi connectivity index (χ2n) is 8.77. The van der Waals surface area contributed by atoms with Gasteiger partial charge in [0.15, 0.2) is 5.82 Å². The van der Waals surface area contributed by atoms with Crippen molar-refractivity contribution in [2.75, 3.05) is 23.0 Å². The number of carbonyl (C=O) groups excluding carboxylic acids is 1. The van der Waals surface area contributed by atoms with E-state index >= 15 is 0 Å². The van der Waals surface area contributed by atoms with Gasteiger partial charge in [0.1, 0.15) is 12.4 Å². The molecule has 0 saturated heterocycles. The molecule has 7 nitrogen and oxygen atoms in total. The molecule has 1 aliphatic heterocycles. The zero-order valence-electron chi connectivity index (χ0n) is 20.0. The Labute approximate surface area is 209 Å². The number of aryl methyl sites for hydroxylation is 1. The van der Waals surface area contributed by atoms with Crippen LogP contribution in [0.25, 0.3) is 0 Å². The molecule has 1 atom stereocenters. The molecule has 0 fully saturated rings. The van der Waals surface area contributed by atoms with E-state index < -0.39 is 0 Å². The summed E-state index contributed by atoms with van der Waals surface area (Å²) >= 11 is 3.11. The fraction of sp³-hybridized carbons (Fsp3) is 0.400. The molecule has 180 valence electrons. The van der Waals surface area contributed by atoms with E-state index in [2.05, 4.69) is 49.2 Å². The summed E-state index contributed by atoms with van der Waals surface area (Å²) in [5, 5.41) is 9.34. The SMILES string of the molecule is Cc1ccc(C(C)C)c(OCc2nnc(SCC(=O)N3CCC(C)Sc4ccccc43)n2N)c1. The fourth-order valence-electron chi connectivity index (χ4n) is 3.84. The number of nitrogen functional groups attached to an aromatic ring is 1. The van der Waals surface area contributed by atoms with Crippen LogP contribution in [0.1, 0.15) is 50.1 Å². The summed E-state index contributed by atoms with van der Waals surface area (Å²) in [6, 6.07) is 14.3. The minimum atomic E-state index is 0.0364. The van der Waals surface area contributed by atoms with Gasteiger partial charge in [0, 0.05) is 16.7 Å². The second-order valence-corrected chi connectivity index (χ2v) is 11.2. The Balaban J connectivity index is 1.41. The molecule has 0 aliphatic carbocycles. The predicted octanol–water partition coefficient (Wildman–Crippen LogP) is 5.01. The normalized spacial score (nSPS) is 15.8. The molecular formula is C25H31N5O2S2. The van der Waals surface area contributed by atoms with Crippen LogP contribution in [0.3, 0.4) is 0 Å². The number of fused-ring (bicyclic) bond motifs is 1. The van der Waals surface area contributed by atoms with Crippen molar-refractivity contribution in [2.45, 2.75) is 61.9 Å². The van der Waals surface area contributed by atoms with E-state index in [1.165, 1.54) is 16.4 Å². The highest BCUT2D eigenvalue weighted by Gasteiger charge is 2.25. The maximum absolute atomic E-state index is 13.1. The van der Waals surface area contributed by atoms with Crippen LogP contribution in [-0.2, 0) is 11.4 Å². The number of anilines is 1. The van der Waals surface area contributed by atoms with Gasteiger partial charge in [-0.2, -0.15) is 0 Å². The number of carbonyl (C=O) groups is 1. The van der Waals surface area contributed by atoms with Gasteiger partial charge >= 0.3 is 0 Å². The zero-order valence-corrected chi connectivity index (χ0v) is 21.7. The molecule has 9 heteroatoms. The molecule has 4 rings (SSSR count). The highest BCUT2D eigenvalue weighted by Crippen LogP contribution is 2.37. The molecule has 0 spiro atoms. The number of amides is 1. The van der Waals surface area contributed by atoms with E-state index in [0.717, 1.165) is 33.9 Å². The Morgan fingerprint density at radius 3 is 2.85 bits per heavy atom. The van der Waals surface area contributed by atoms with Crippen molar-refractivity contribution in [3.8, 4) is 5.75 Å². The summed E-state index contributed by atoms with van der Waals surface area (Å²) in [5.41, 5.74) is 3.25. The van der Waals surface area contributed by atoms with Gasteiger partial charge in [-0.3, -0.25) is 4.79 Å². The van der Waals surface area contributed by atoms with Gasteiger partial charge in [-0.1, -0.05) is 56.8 Å². The molecule has 3 aromatic rings. The maximum Gasteiger partial charge on any atom is 0.237 e. The monoisotopic (exact) mass is 497 g/mol. The quantitative estimate of drug-likeness (QED) is 0.363. The van der Waals surface area contributed by atoms with Crippen molar-refractivity contribution in [1.29, 1.82) is 0 Å². The minimum Gasteiger partial charge on any atom is -0.485 e. The summed E-state index contributed by atoms with van der Waals surface area (Å²) in [6.45, 7) is 9.42. The van der Waals surface area contributed by atoms with Crippen molar-refractivity contribution in [1.82, 2.24) is 14.9 Å². The van der Waals surface area contributed by atoms with E-state index in [9.17, 15) is 4.79 Å². The van der Waals surface area contributed by atoms with E-state index in [-0.39, 0.29) is 18.3 Å². The van der Waals surface area contributed by atoms with Crippen molar-refractivity contribution in [3.05, 3.63) is 59.4 Å². The largest absolute Gasteiger partial charge is 0.485 e. The minimum absolute atomic E-state index is 0.0364. The zero-order chi connectivity index (χ0) is 24.2. The lowest BCUT2D eigenvalue weighted by Crippen LogP contribution is -2.33. The van der Waals surface area contributed by atoms with Crippen LogP contribution in [0, 0.1) is 6.92 Å². The summed E-state index contributed by atoms with van der Waals surface area (Å²) in [6.07, 6.45) is 0.946. The van der Waals surface area contributed by atoms with Gasteiger partial charge in [0.05, 0.1) is 11.4 Å². The third-order valence-corrected chi connectivity index (χ3v) is 7.92. The number of ether oxygens (including phenoxy) is 1. The molecule has 2 heterocycles. The van der Waals surface area contributed by atoms with Gasteiger partial charge in [-0.15, -0.1) is 22.0 Å². The third kappa shape index (κ3) is 5.52. The molecule has 1 unspecified atom stereocenters. The summed E-state index contributed by atoms with van der Waals surface area (Å²) in [4.78, 5) is 16.2. The van der Waals surface area contributed by atoms with E-state index in [1.807, 2.05) is 47.9 Å². The Kier molecular flexibility index (Phi) is 7.73. The topological polar surface area (TPSA) is 86.3 Å². The van der Waals surface area contributed by atoms with E-state index in [4.69, 9.17) is 10.6 Å². The molecule has 1 amide bonds.